The van der Waals surface area contributed by atoms with Gasteiger partial charge in [-0.1, -0.05) is 36.4 Å². The van der Waals surface area contributed by atoms with E-state index in [-0.39, 0.29) is 4.90 Å². The number of pyridine rings is 1. The van der Waals surface area contributed by atoms with Crippen molar-refractivity contribution >= 4 is 21.9 Å². The predicted molar refractivity (Wildman–Crippen MR) is 133 cm³/mol. The average molecular weight is 482 g/mol. The third-order valence-electron chi connectivity index (χ3n) is 6.53. The van der Waals surface area contributed by atoms with Crippen LogP contribution in [0.15, 0.2) is 78.0 Å². The monoisotopic (exact) mass is 481 g/mol. The van der Waals surface area contributed by atoms with Gasteiger partial charge in [-0.2, -0.15) is 0 Å². The Kier molecular flexibility index (Phi) is 7.16. The van der Waals surface area contributed by atoms with Crippen LogP contribution < -0.4 is 10.4 Å². The largest absolute Gasteiger partial charge is 0.305 e. The van der Waals surface area contributed by atoms with Crippen molar-refractivity contribution in [1.82, 2.24) is 20.2 Å². The highest BCUT2D eigenvalue weighted by atomic mass is 32.2. The number of likely N-dealkylation sites (N-methyl/N-ethyl adjacent to an activating group) is 1. The number of rotatable bonds is 9. The van der Waals surface area contributed by atoms with Gasteiger partial charge in [0.2, 0.25) is 0 Å². The molecule has 9 heteroatoms. The molecule has 3 atom stereocenters. The molecule has 0 aliphatic carbocycles. The number of aldehydes is 1. The molecule has 0 bridgehead atoms. The zero-order valence-corrected chi connectivity index (χ0v) is 20.4. The Labute approximate surface area is 201 Å². The number of anilines is 1. The highest BCUT2D eigenvalue weighted by molar-refractivity contribution is 7.92. The minimum absolute atomic E-state index is 0.133. The number of likely N-dealkylation sites (tertiary alicyclic amines) is 1. The molecule has 2 aliphatic heterocycles. The van der Waals surface area contributed by atoms with E-state index in [1.807, 2.05) is 49.3 Å². The van der Waals surface area contributed by atoms with E-state index in [2.05, 4.69) is 21.9 Å². The van der Waals surface area contributed by atoms with Crippen molar-refractivity contribution in [2.45, 2.75) is 35.2 Å². The van der Waals surface area contributed by atoms with Crippen molar-refractivity contribution in [3.05, 3.63) is 78.7 Å². The molecule has 3 heterocycles. The Balaban J connectivity index is 1.49. The second-order valence-electron chi connectivity index (χ2n) is 8.89. The van der Waals surface area contributed by atoms with Crippen molar-refractivity contribution in [1.29, 1.82) is 0 Å². The predicted octanol–water partition coefficient (Wildman–Crippen LogP) is 2.02. The maximum atomic E-state index is 13.4. The van der Waals surface area contributed by atoms with Gasteiger partial charge in [0.25, 0.3) is 0 Å². The molecule has 2 aliphatic rings. The Morgan fingerprint density at radius 1 is 1.24 bits per heavy atom. The minimum Gasteiger partial charge on any atom is -0.305 e. The number of aromatic nitrogens is 1. The fourth-order valence-electron chi connectivity index (χ4n) is 4.54. The van der Waals surface area contributed by atoms with Crippen molar-refractivity contribution < 1.29 is 13.2 Å². The fourth-order valence-corrected chi connectivity index (χ4v) is 6.12. The molecule has 1 aromatic carbocycles. The van der Waals surface area contributed by atoms with Crippen LogP contribution in [-0.2, 0) is 21.1 Å². The van der Waals surface area contributed by atoms with Gasteiger partial charge in [-0.25, -0.2) is 13.4 Å². The summed E-state index contributed by atoms with van der Waals surface area (Å²) in [4.78, 5) is 20.5. The first-order chi connectivity index (χ1) is 16.3. The van der Waals surface area contributed by atoms with Gasteiger partial charge in [-0.05, 0) is 50.2 Å². The van der Waals surface area contributed by atoms with Gasteiger partial charge in [-0.3, -0.25) is 9.91 Å². The first-order valence-electron chi connectivity index (χ1n) is 11.3. The van der Waals surface area contributed by atoms with Gasteiger partial charge < -0.3 is 15.1 Å². The number of benzene rings is 1. The van der Waals surface area contributed by atoms with Gasteiger partial charge in [-0.15, -0.1) is 6.58 Å². The minimum atomic E-state index is -3.69. The van der Waals surface area contributed by atoms with E-state index in [9.17, 15) is 13.2 Å². The zero-order valence-electron chi connectivity index (χ0n) is 19.5. The van der Waals surface area contributed by atoms with Crippen LogP contribution >= 0.6 is 0 Å². The topological polar surface area (TPSA) is 85.9 Å². The Morgan fingerprint density at radius 2 is 2.00 bits per heavy atom. The summed E-state index contributed by atoms with van der Waals surface area (Å²) in [6.45, 7) is 5.16. The molecule has 0 spiro atoms. The third kappa shape index (κ3) is 4.77. The highest BCUT2D eigenvalue weighted by Crippen LogP contribution is 2.27. The number of sulfone groups is 1. The van der Waals surface area contributed by atoms with Gasteiger partial charge in [0.1, 0.15) is 23.5 Å². The Hall–Kier alpha value is -3.01. The van der Waals surface area contributed by atoms with Gasteiger partial charge in [0, 0.05) is 31.5 Å². The number of nitrogens with zero attached hydrogens (tertiary/aromatic N) is 4. The summed E-state index contributed by atoms with van der Waals surface area (Å²) < 4.78 is 26.7. The van der Waals surface area contributed by atoms with Crippen LogP contribution in [0, 0.1) is 0 Å². The lowest BCUT2D eigenvalue weighted by molar-refractivity contribution is -0.108. The maximum absolute atomic E-state index is 13.4. The molecule has 4 rings (SSSR count). The summed E-state index contributed by atoms with van der Waals surface area (Å²) in [5.74, 6) is 0.472. The van der Waals surface area contributed by atoms with E-state index in [1.54, 1.807) is 23.3 Å². The first kappa shape index (κ1) is 24.1. The molecular formula is C25H31N5O3S. The van der Waals surface area contributed by atoms with Crippen molar-refractivity contribution in [3.63, 3.8) is 0 Å². The Bertz CT molecular complexity index is 1150. The zero-order chi connectivity index (χ0) is 24.3. The van der Waals surface area contributed by atoms with E-state index in [1.165, 1.54) is 12.3 Å². The molecule has 8 nitrogen and oxygen atoms in total. The lowest BCUT2D eigenvalue weighted by Crippen LogP contribution is -2.41. The second-order valence-corrected chi connectivity index (χ2v) is 10.9. The number of hydrogen-bond donors (Lipinski definition) is 1. The summed E-state index contributed by atoms with van der Waals surface area (Å²) in [7, 11) is 0.325. The molecule has 180 valence electrons. The normalized spacial score (nSPS) is 21.9. The molecule has 2 unspecified atom stereocenters. The van der Waals surface area contributed by atoms with Crippen LogP contribution in [0.25, 0.3) is 0 Å². The van der Waals surface area contributed by atoms with Gasteiger partial charge in [0.15, 0.2) is 9.84 Å². The van der Waals surface area contributed by atoms with E-state index < -0.39 is 21.3 Å². The molecule has 1 fully saturated rings. The summed E-state index contributed by atoms with van der Waals surface area (Å²) in [5, 5.41) is 0.839. The number of hydrogen-bond acceptors (Lipinski definition) is 8. The molecule has 1 aromatic heterocycles. The molecule has 0 saturated carbocycles. The second kappa shape index (κ2) is 10.1. The van der Waals surface area contributed by atoms with E-state index in [0.29, 0.717) is 31.4 Å². The van der Waals surface area contributed by atoms with Gasteiger partial charge >= 0.3 is 0 Å². The average Bonchev–Trinajstić information content (AvgIpc) is 3.48. The van der Waals surface area contributed by atoms with Crippen LogP contribution in [0.5, 0.6) is 0 Å². The third-order valence-corrected chi connectivity index (χ3v) is 8.55. The molecule has 1 N–H and O–H groups in total. The summed E-state index contributed by atoms with van der Waals surface area (Å²) in [6.07, 6.45) is 7.07. The molecule has 1 saturated heterocycles. The lowest BCUT2D eigenvalue weighted by Gasteiger charge is -2.27. The van der Waals surface area contributed by atoms with E-state index >= 15 is 0 Å². The van der Waals surface area contributed by atoms with Crippen LogP contribution in [0.1, 0.15) is 12.0 Å². The van der Waals surface area contributed by atoms with Crippen LogP contribution in [0.3, 0.4) is 0 Å². The van der Waals surface area contributed by atoms with Crippen molar-refractivity contribution in [2.24, 2.45) is 0 Å². The van der Waals surface area contributed by atoms with Crippen molar-refractivity contribution in [2.75, 3.05) is 32.2 Å². The summed E-state index contributed by atoms with van der Waals surface area (Å²) in [6, 6.07) is 12.9. The number of carbonyl (C=O) groups is 1. The maximum Gasteiger partial charge on any atom is 0.199 e. The van der Waals surface area contributed by atoms with E-state index in [4.69, 9.17) is 0 Å². The smallest absolute Gasteiger partial charge is 0.199 e. The highest BCUT2D eigenvalue weighted by Gasteiger charge is 2.36. The SMILES string of the molecule is C=CC(N1CC[C@@H](N(C)C)C1)S(=O)(=O)c1ccc(N2NC=C(Cc3ccccc3)C2C=O)nc1. The standard InChI is InChI=1S/C25H31N5O3S/c1-4-25(29-13-12-21(17-29)28(2)3)34(32,33)22-10-11-24(26-16-22)30-23(18-31)20(15-27-30)14-19-8-6-5-7-9-19/h4-11,15-16,18,21,23,25,27H,1,12-14,17H2,2-3H3/t21-,23?,25?/m1/s1. The molecule has 34 heavy (non-hydrogen) atoms. The number of carbonyl (C=O) groups excluding carboxylic acids is 1. The number of nitrogens with one attached hydrogen (secondary N) is 1. The first-order valence-corrected chi connectivity index (χ1v) is 12.9. The van der Waals surface area contributed by atoms with Crippen LogP contribution in [-0.4, -0.2) is 74.1 Å². The van der Waals surface area contributed by atoms with Crippen molar-refractivity contribution in [3.8, 4) is 0 Å². The fraction of sp³-hybridized carbons (Fsp3) is 0.360. The Morgan fingerprint density at radius 3 is 2.59 bits per heavy atom. The number of hydrazine groups is 1. The quantitative estimate of drug-likeness (QED) is 0.430. The van der Waals surface area contributed by atoms with Crippen LogP contribution in [0.4, 0.5) is 5.82 Å². The molecule has 2 aromatic rings. The molecule has 0 radical (unpaired) electrons. The molecular weight excluding hydrogens is 450 g/mol. The molecule has 0 amide bonds. The van der Waals surface area contributed by atoms with E-state index in [0.717, 1.165) is 23.8 Å². The summed E-state index contributed by atoms with van der Waals surface area (Å²) >= 11 is 0. The lowest BCUT2D eigenvalue weighted by atomic mass is 10.0. The van der Waals surface area contributed by atoms with Gasteiger partial charge in [0.05, 0.1) is 4.90 Å². The summed E-state index contributed by atoms with van der Waals surface area (Å²) in [5.41, 5.74) is 5.11. The van der Waals surface area contributed by atoms with Crippen LogP contribution in [0.2, 0.25) is 0 Å².